The highest BCUT2D eigenvalue weighted by atomic mass is 15.1. The summed E-state index contributed by atoms with van der Waals surface area (Å²) in [6, 6.07) is 87.1. The minimum absolute atomic E-state index is 0.0996. The Hall–Kier alpha value is -8.00. The molecule has 1 aliphatic rings. The highest BCUT2D eigenvalue weighted by molar-refractivity contribution is 6.26. The van der Waals surface area contributed by atoms with Crippen molar-refractivity contribution in [1.82, 2.24) is 0 Å². The van der Waals surface area contributed by atoms with Crippen LogP contribution in [0.1, 0.15) is 25.0 Å². The highest BCUT2D eigenvalue weighted by Crippen LogP contribution is 2.51. The summed E-state index contributed by atoms with van der Waals surface area (Å²) in [7, 11) is 0. The predicted molar refractivity (Wildman–Crippen MR) is 273 cm³/mol. The summed E-state index contributed by atoms with van der Waals surface area (Å²) >= 11 is 0. The van der Waals surface area contributed by atoms with E-state index >= 15 is 0 Å². The summed E-state index contributed by atoms with van der Waals surface area (Å²) in [6.07, 6.45) is 0. The fraction of sp³-hybridized carbons (Fsp3) is 0.0476. The van der Waals surface area contributed by atoms with Gasteiger partial charge >= 0.3 is 0 Å². The van der Waals surface area contributed by atoms with Gasteiger partial charge in [-0.1, -0.05) is 202 Å². The smallest absolute Gasteiger partial charge is 0.0465 e. The van der Waals surface area contributed by atoms with Crippen LogP contribution in [0.15, 0.2) is 237 Å². The van der Waals surface area contributed by atoms with Crippen molar-refractivity contribution in [1.29, 1.82) is 0 Å². The largest absolute Gasteiger partial charge is 0.310 e. The number of fused-ring (bicyclic) bond motifs is 9. The van der Waals surface area contributed by atoms with Crippen LogP contribution in [0.2, 0.25) is 0 Å². The molecule has 12 rings (SSSR count). The number of nitrogens with zero attached hydrogens (tertiary/aromatic N) is 1. The molecule has 1 nitrogen and oxygen atoms in total. The SMILES string of the molecule is CC1(C)c2ccccc2-c2ccc(N(c3ccc(-c4ccccc4)cc3)c3ccc(-c4ccc5c6ccc(-c7ccc(-c8ccccc8)cc7)cc6c6ccccc6c5c4)cc3)cc21. The number of benzene rings is 11. The Balaban J connectivity index is 0.921. The Kier molecular flexibility index (Phi) is 8.91. The van der Waals surface area contributed by atoms with E-state index in [2.05, 4.69) is 255 Å². The van der Waals surface area contributed by atoms with Gasteiger partial charge in [0.1, 0.15) is 0 Å². The first-order chi connectivity index (χ1) is 31.5. The zero-order valence-corrected chi connectivity index (χ0v) is 36.0. The van der Waals surface area contributed by atoms with Crippen LogP contribution >= 0.6 is 0 Å². The monoisotopic (exact) mass is 815 g/mol. The number of anilines is 3. The molecule has 0 N–H and O–H groups in total. The number of hydrogen-bond acceptors (Lipinski definition) is 1. The predicted octanol–water partition coefficient (Wildman–Crippen LogP) is 17.6. The van der Waals surface area contributed by atoms with E-state index in [4.69, 9.17) is 0 Å². The molecule has 0 heterocycles. The maximum absolute atomic E-state index is 2.41. The molecule has 11 aromatic rings. The number of hydrogen-bond donors (Lipinski definition) is 0. The van der Waals surface area contributed by atoms with Crippen LogP contribution in [-0.4, -0.2) is 0 Å². The van der Waals surface area contributed by atoms with Crippen LogP contribution in [0.4, 0.5) is 17.1 Å². The molecular weight excluding hydrogens is 771 g/mol. The van der Waals surface area contributed by atoms with Gasteiger partial charge in [0.05, 0.1) is 0 Å². The van der Waals surface area contributed by atoms with E-state index in [0.717, 1.165) is 17.1 Å². The molecule has 64 heavy (non-hydrogen) atoms. The average Bonchev–Trinajstić information content (AvgIpc) is 3.60. The molecule has 0 aliphatic heterocycles. The van der Waals surface area contributed by atoms with Crippen LogP contribution in [0.5, 0.6) is 0 Å². The van der Waals surface area contributed by atoms with Gasteiger partial charge in [0.25, 0.3) is 0 Å². The van der Waals surface area contributed by atoms with E-state index in [1.165, 1.54) is 99.1 Å². The van der Waals surface area contributed by atoms with Crippen molar-refractivity contribution in [3.8, 4) is 55.6 Å². The molecular formula is C63H45N. The van der Waals surface area contributed by atoms with E-state index < -0.39 is 0 Å². The zero-order valence-electron chi connectivity index (χ0n) is 36.0. The van der Waals surface area contributed by atoms with Crippen LogP contribution < -0.4 is 4.90 Å². The summed E-state index contributed by atoms with van der Waals surface area (Å²) in [5, 5.41) is 7.63. The van der Waals surface area contributed by atoms with E-state index in [0.29, 0.717) is 0 Å². The molecule has 0 fully saturated rings. The molecule has 0 bridgehead atoms. The quantitative estimate of drug-likeness (QED) is 0.145. The molecule has 1 aliphatic carbocycles. The summed E-state index contributed by atoms with van der Waals surface area (Å²) < 4.78 is 0. The van der Waals surface area contributed by atoms with E-state index in [-0.39, 0.29) is 5.41 Å². The zero-order chi connectivity index (χ0) is 42.8. The number of rotatable bonds is 7. The van der Waals surface area contributed by atoms with Gasteiger partial charge in [0.15, 0.2) is 0 Å². The molecule has 0 saturated heterocycles. The van der Waals surface area contributed by atoms with Crippen molar-refractivity contribution < 1.29 is 0 Å². The van der Waals surface area contributed by atoms with Gasteiger partial charge in [-0.3, -0.25) is 0 Å². The average molecular weight is 816 g/mol. The first kappa shape index (κ1) is 37.7. The van der Waals surface area contributed by atoms with Crippen LogP contribution in [0, 0.1) is 0 Å². The van der Waals surface area contributed by atoms with Gasteiger partial charge in [-0.2, -0.15) is 0 Å². The molecule has 302 valence electrons. The van der Waals surface area contributed by atoms with E-state index in [9.17, 15) is 0 Å². The minimum atomic E-state index is -0.0996. The molecule has 0 unspecified atom stereocenters. The molecule has 1 heteroatoms. The second-order valence-corrected chi connectivity index (χ2v) is 17.7. The second kappa shape index (κ2) is 15.1. The normalized spacial score (nSPS) is 12.7. The first-order valence-electron chi connectivity index (χ1n) is 22.3. The van der Waals surface area contributed by atoms with Crippen molar-refractivity contribution in [3.05, 3.63) is 248 Å². The van der Waals surface area contributed by atoms with Crippen LogP contribution in [0.3, 0.4) is 0 Å². The van der Waals surface area contributed by atoms with Crippen molar-refractivity contribution in [2.75, 3.05) is 4.90 Å². The molecule has 0 spiro atoms. The lowest BCUT2D eigenvalue weighted by Crippen LogP contribution is -2.16. The minimum Gasteiger partial charge on any atom is -0.310 e. The summed E-state index contributed by atoms with van der Waals surface area (Å²) in [6.45, 7) is 4.71. The maximum atomic E-state index is 2.41. The Morgan fingerprint density at radius 2 is 0.609 bits per heavy atom. The van der Waals surface area contributed by atoms with Gasteiger partial charge in [-0.05, 0) is 148 Å². The third-order valence-corrected chi connectivity index (χ3v) is 13.7. The van der Waals surface area contributed by atoms with Crippen LogP contribution in [0.25, 0.3) is 88.0 Å². The molecule has 0 atom stereocenters. The Morgan fingerprint density at radius 1 is 0.250 bits per heavy atom. The molecule has 0 saturated carbocycles. The summed E-state index contributed by atoms with van der Waals surface area (Å²) in [5.41, 5.74) is 18.4. The topological polar surface area (TPSA) is 3.24 Å². The lowest BCUT2D eigenvalue weighted by atomic mass is 9.82. The lowest BCUT2D eigenvalue weighted by Gasteiger charge is -2.28. The first-order valence-corrected chi connectivity index (χ1v) is 22.3. The van der Waals surface area contributed by atoms with E-state index in [1.807, 2.05) is 0 Å². The summed E-state index contributed by atoms with van der Waals surface area (Å²) in [5.74, 6) is 0. The lowest BCUT2D eigenvalue weighted by molar-refractivity contribution is 0.660. The van der Waals surface area contributed by atoms with Crippen molar-refractivity contribution >= 4 is 49.4 Å². The third kappa shape index (κ3) is 6.31. The van der Waals surface area contributed by atoms with Gasteiger partial charge < -0.3 is 4.90 Å². The maximum Gasteiger partial charge on any atom is 0.0465 e. The van der Waals surface area contributed by atoms with Gasteiger partial charge in [-0.25, -0.2) is 0 Å². The van der Waals surface area contributed by atoms with Gasteiger partial charge in [0.2, 0.25) is 0 Å². The Labute approximate surface area is 375 Å². The third-order valence-electron chi connectivity index (χ3n) is 13.7. The molecule has 0 aromatic heterocycles. The molecule has 0 amide bonds. The Bertz CT molecular complexity index is 3510. The fourth-order valence-electron chi connectivity index (χ4n) is 10.3. The summed E-state index contributed by atoms with van der Waals surface area (Å²) in [4.78, 5) is 2.41. The standard InChI is InChI=1S/C63H45N/c1-63(2)61-20-12-11-19-57(61)58-38-35-52(41-62(58)63)64(50-31-25-45(26-32-50)43-15-7-4-8-16-43)51-33-27-47(28-34-51)49-30-37-56-55-36-29-48(39-59(55)53-17-9-10-18-54(53)60(56)40-49)46-23-21-44(22-24-46)42-13-5-3-6-14-42/h3-41H,1-2H3. The van der Waals surface area contributed by atoms with Crippen molar-refractivity contribution in [2.24, 2.45) is 0 Å². The second-order valence-electron chi connectivity index (χ2n) is 17.7. The Morgan fingerprint density at radius 3 is 1.12 bits per heavy atom. The van der Waals surface area contributed by atoms with Gasteiger partial charge in [-0.15, -0.1) is 0 Å². The van der Waals surface area contributed by atoms with Crippen LogP contribution in [-0.2, 0) is 5.41 Å². The fourth-order valence-corrected chi connectivity index (χ4v) is 10.3. The van der Waals surface area contributed by atoms with Gasteiger partial charge in [0, 0.05) is 22.5 Å². The van der Waals surface area contributed by atoms with E-state index in [1.54, 1.807) is 0 Å². The van der Waals surface area contributed by atoms with Crippen molar-refractivity contribution in [2.45, 2.75) is 19.3 Å². The molecule has 0 radical (unpaired) electrons. The highest BCUT2D eigenvalue weighted by Gasteiger charge is 2.35. The van der Waals surface area contributed by atoms with Crippen molar-refractivity contribution in [3.63, 3.8) is 0 Å². The molecule has 11 aromatic carbocycles.